The molecular weight excluding hydrogens is 242 g/mol. The molecule has 79 valence electrons. The number of hydrogen-bond donors (Lipinski definition) is 0. The minimum atomic E-state index is 0.693. The lowest BCUT2D eigenvalue weighted by molar-refractivity contribution is 0.605. The zero-order valence-electron chi connectivity index (χ0n) is 8.36. The first-order valence-corrected chi connectivity index (χ1v) is 5.51. The maximum Gasteiger partial charge on any atom is 0.408 e. The maximum absolute atomic E-state index is 5.78. The molecule has 0 saturated carbocycles. The van der Waals surface area contributed by atoms with Crippen LogP contribution < -0.4 is 10.1 Å². The van der Waals surface area contributed by atoms with E-state index in [9.17, 15) is 0 Å². The molecule has 0 aliphatic carbocycles. The normalized spacial score (nSPS) is 9.88. The molecule has 0 fully saturated rings. The van der Waals surface area contributed by atoms with Crippen LogP contribution in [0.5, 0.6) is 5.75 Å². The fourth-order valence-electron chi connectivity index (χ4n) is 1.19. The van der Waals surface area contributed by atoms with Gasteiger partial charge in [-0.1, -0.05) is 35.3 Å². The van der Waals surface area contributed by atoms with E-state index in [1.54, 1.807) is 19.6 Å². The lowest BCUT2D eigenvalue weighted by Crippen LogP contribution is -2.19. The largest absolute Gasteiger partial charge is 0.558 e. The van der Waals surface area contributed by atoms with Crippen LogP contribution in [0.25, 0.3) is 0 Å². The Labute approximate surface area is 105 Å². The van der Waals surface area contributed by atoms with Gasteiger partial charge in [-0.2, -0.15) is 0 Å². The SMILES string of the molecule is Clc1ccc([B]Oc2ccc(Cl)cc2)cc1. The van der Waals surface area contributed by atoms with Crippen molar-refractivity contribution in [3.8, 4) is 5.75 Å². The van der Waals surface area contributed by atoms with Crippen LogP contribution in [0.2, 0.25) is 10.0 Å². The summed E-state index contributed by atoms with van der Waals surface area (Å²) >= 11 is 11.5. The van der Waals surface area contributed by atoms with E-state index in [0.717, 1.165) is 11.2 Å². The molecule has 1 radical (unpaired) electrons. The van der Waals surface area contributed by atoms with E-state index >= 15 is 0 Å². The molecule has 0 aliphatic heterocycles. The molecule has 0 aromatic heterocycles. The monoisotopic (exact) mass is 249 g/mol. The van der Waals surface area contributed by atoms with Crippen molar-refractivity contribution in [2.45, 2.75) is 0 Å². The van der Waals surface area contributed by atoms with Gasteiger partial charge >= 0.3 is 7.48 Å². The first-order valence-electron chi connectivity index (χ1n) is 4.75. The zero-order chi connectivity index (χ0) is 11.4. The first-order chi connectivity index (χ1) is 7.74. The Morgan fingerprint density at radius 3 is 1.81 bits per heavy atom. The highest BCUT2D eigenvalue weighted by atomic mass is 35.5. The van der Waals surface area contributed by atoms with Gasteiger partial charge in [0.05, 0.1) is 5.75 Å². The highest BCUT2D eigenvalue weighted by Gasteiger charge is 2.00. The number of benzene rings is 2. The van der Waals surface area contributed by atoms with E-state index in [1.807, 2.05) is 36.4 Å². The maximum atomic E-state index is 5.78. The van der Waals surface area contributed by atoms with Crippen LogP contribution in [0.15, 0.2) is 48.5 Å². The summed E-state index contributed by atoms with van der Waals surface area (Å²) < 4.78 is 5.46. The molecule has 0 amide bonds. The Morgan fingerprint density at radius 2 is 1.25 bits per heavy atom. The third-order valence-corrected chi connectivity index (χ3v) is 2.52. The Balaban J connectivity index is 1.97. The summed E-state index contributed by atoms with van der Waals surface area (Å²) in [6.07, 6.45) is 0. The average Bonchev–Trinajstić information content (AvgIpc) is 2.30. The quantitative estimate of drug-likeness (QED) is 0.759. The van der Waals surface area contributed by atoms with Gasteiger partial charge in [-0.05, 0) is 41.9 Å². The molecule has 0 bridgehead atoms. The first kappa shape index (κ1) is 11.4. The second kappa shape index (κ2) is 5.28. The number of halogens is 2. The van der Waals surface area contributed by atoms with Gasteiger partial charge in [0.25, 0.3) is 0 Å². The summed E-state index contributed by atoms with van der Waals surface area (Å²) in [7, 11) is 1.67. The van der Waals surface area contributed by atoms with Gasteiger partial charge in [0.15, 0.2) is 0 Å². The van der Waals surface area contributed by atoms with Gasteiger partial charge < -0.3 is 4.65 Å². The van der Waals surface area contributed by atoms with Crippen molar-refractivity contribution in [3.05, 3.63) is 58.6 Å². The van der Waals surface area contributed by atoms with E-state index in [2.05, 4.69) is 0 Å². The van der Waals surface area contributed by atoms with E-state index in [1.165, 1.54) is 0 Å². The van der Waals surface area contributed by atoms with Crippen LogP contribution in [0.4, 0.5) is 0 Å². The molecule has 1 nitrogen and oxygen atoms in total. The minimum Gasteiger partial charge on any atom is -0.558 e. The van der Waals surface area contributed by atoms with Crippen molar-refractivity contribution in [1.82, 2.24) is 0 Å². The summed E-state index contributed by atoms with van der Waals surface area (Å²) in [5.41, 5.74) is 0.958. The fourth-order valence-corrected chi connectivity index (χ4v) is 1.44. The van der Waals surface area contributed by atoms with Crippen molar-refractivity contribution in [3.63, 3.8) is 0 Å². The molecule has 0 aliphatic rings. The van der Waals surface area contributed by atoms with Crippen LogP contribution in [0.1, 0.15) is 0 Å². The van der Waals surface area contributed by atoms with Gasteiger partial charge in [-0.3, -0.25) is 0 Å². The van der Waals surface area contributed by atoms with Gasteiger partial charge in [0, 0.05) is 10.0 Å². The van der Waals surface area contributed by atoms with Gasteiger partial charge in [-0.25, -0.2) is 0 Å². The smallest absolute Gasteiger partial charge is 0.408 e. The van der Waals surface area contributed by atoms with Crippen molar-refractivity contribution in [1.29, 1.82) is 0 Å². The fraction of sp³-hybridized carbons (Fsp3) is 0. The molecular formula is C12H8BCl2O. The lowest BCUT2D eigenvalue weighted by Gasteiger charge is -2.04. The lowest BCUT2D eigenvalue weighted by atomic mass is 9.88. The van der Waals surface area contributed by atoms with E-state index in [-0.39, 0.29) is 0 Å². The molecule has 0 unspecified atom stereocenters. The van der Waals surface area contributed by atoms with Crippen LogP contribution in [-0.2, 0) is 0 Å². The van der Waals surface area contributed by atoms with E-state index in [4.69, 9.17) is 27.9 Å². The molecule has 0 atom stereocenters. The van der Waals surface area contributed by atoms with Crippen LogP contribution >= 0.6 is 23.2 Å². The van der Waals surface area contributed by atoms with Gasteiger partial charge in [0.2, 0.25) is 0 Å². The molecule has 2 rings (SSSR count). The second-order valence-corrected chi connectivity index (χ2v) is 4.11. The van der Waals surface area contributed by atoms with Gasteiger partial charge in [-0.15, -0.1) is 0 Å². The molecule has 16 heavy (non-hydrogen) atoms. The predicted octanol–water partition coefficient (Wildman–Crippen LogP) is 3.32. The summed E-state index contributed by atoms with van der Waals surface area (Å²) in [6.45, 7) is 0. The molecule has 0 saturated heterocycles. The summed E-state index contributed by atoms with van der Waals surface area (Å²) in [4.78, 5) is 0. The van der Waals surface area contributed by atoms with E-state index < -0.39 is 0 Å². The van der Waals surface area contributed by atoms with Crippen LogP contribution in [0, 0.1) is 0 Å². The van der Waals surface area contributed by atoms with Crippen LogP contribution in [0.3, 0.4) is 0 Å². The molecule has 2 aromatic carbocycles. The predicted molar refractivity (Wildman–Crippen MR) is 68.9 cm³/mol. The summed E-state index contributed by atoms with van der Waals surface area (Å²) in [6, 6.07) is 14.6. The summed E-state index contributed by atoms with van der Waals surface area (Å²) in [5, 5.41) is 1.41. The Kier molecular flexibility index (Phi) is 3.76. The van der Waals surface area contributed by atoms with Crippen molar-refractivity contribution >= 4 is 36.1 Å². The average molecular weight is 250 g/mol. The third-order valence-electron chi connectivity index (χ3n) is 2.01. The zero-order valence-corrected chi connectivity index (χ0v) is 9.87. The third kappa shape index (κ3) is 3.19. The van der Waals surface area contributed by atoms with Crippen molar-refractivity contribution in [2.24, 2.45) is 0 Å². The van der Waals surface area contributed by atoms with Crippen molar-refractivity contribution < 1.29 is 4.65 Å². The standard InChI is InChI=1S/C12H8BCl2O/c14-10-3-1-9(2-4-10)13-16-12-7-5-11(15)6-8-12/h1-8H. The Morgan fingerprint density at radius 1 is 0.750 bits per heavy atom. The number of rotatable bonds is 3. The molecule has 4 heteroatoms. The highest BCUT2D eigenvalue weighted by molar-refractivity contribution is 6.47. The van der Waals surface area contributed by atoms with Gasteiger partial charge in [0.1, 0.15) is 0 Å². The second-order valence-electron chi connectivity index (χ2n) is 3.24. The van der Waals surface area contributed by atoms with Crippen LogP contribution in [-0.4, -0.2) is 7.48 Å². The Bertz CT molecular complexity index is 408. The highest BCUT2D eigenvalue weighted by Crippen LogP contribution is 2.14. The number of hydrogen-bond acceptors (Lipinski definition) is 1. The van der Waals surface area contributed by atoms with Crippen molar-refractivity contribution in [2.75, 3.05) is 0 Å². The topological polar surface area (TPSA) is 9.23 Å². The van der Waals surface area contributed by atoms with E-state index in [0.29, 0.717) is 10.0 Å². The molecule has 0 spiro atoms. The molecule has 0 N–H and O–H groups in total. The minimum absolute atomic E-state index is 0.693. The Hall–Kier alpha value is -1.12. The summed E-state index contributed by atoms with van der Waals surface area (Å²) in [5.74, 6) is 0.749. The molecule has 0 heterocycles. The molecule has 2 aromatic rings.